The number of aryl methyl sites for hydroxylation is 1. The van der Waals surface area contributed by atoms with Crippen LogP contribution in [0.1, 0.15) is 43.7 Å². The summed E-state index contributed by atoms with van der Waals surface area (Å²) in [5.74, 6) is -3.24. The molecule has 28 heavy (non-hydrogen) atoms. The number of benzene rings is 2. The highest BCUT2D eigenvalue weighted by Crippen LogP contribution is 2.14. The fraction of sp³-hybridized carbons (Fsp3) is 0.100. The van der Waals surface area contributed by atoms with Gasteiger partial charge in [0.1, 0.15) is 5.82 Å². The number of aromatic nitrogens is 2. The molecule has 0 fully saturated rings. The smallest absolute Gasteiger partial charge is 0.336 e. The van der Waals surface area contributed by atoms with Crippen LogP contribution in [0.4, 0.5) is 0 Å². The third-order valence-corrected chi connectivity index (χ3v) is 3.78. The average molecular weight is 382 g/mol. The molecule has 0 saturated carbocycles. The summed E-state index contributed by atoms with van der Waals surface area (Å²) in [6.45, 7) is 2.11. The van der Waals surface area contributed by atoms with Crippen LogP contribution in [0.15, 0.2) is 54.7 Å². The molecule has 0 saturated heterocycles. The third-order valence-electron chi connectivity index (χ3n) is 3.78. The first kappa shape index (κ1) is 20.4. The van der Waals surface area contributed by atoms with Crippen molar-refractivity contribution in [3.63, 3.8) is 0 Å². The lowest BCUT2D eigenvalue weighted by Gasteiger charge is -2.02. The number of carboxylic acids is 3. The van der Waals surface area contributed by atoms with Crippen LogP contribution in [-0.2, 0) is 6.42 Å². The maximum atomic E-state index is 10.6. The van der Waals surface area contributed by atoms with Gasteiger partial charge in [-0.05, 0) is 24.6 Å². The van der Waals surface area contributed by atoms with Crippen molar-refractivity contribution < 1.29 is 29.7 Å². The van der Waals surface area contributed by atoms with Crippen LogP contribution in [0.3, 0.4) is 0 Å². The molecule has 3 aromatic rings. The number of nitrogens with zero attached hydrogens (tertiary/aromatic N) is 1. The molecule has 0 aliphatic heterocycles. The van der Waals surface area contributed by atoms with Crippen molar-refractivity contribution in [2.45, 2.75) is 13.3 Å². The summed E-state index contributed by atoms with van der Waals surface area (Å²) >= 11 is 0. The van der Waals surface area contributed by atoms with Gasteiger partial charge in [0.2, 0.25) is 0 Å². The van der Waals surface area contributed by atoms with Gasteiger partial charge in [-0.25, -0.2) is 19.4 Å². The molecule has 8 heteroatoms. The number of carboxylic acid groups (broad SMARTS) is 3. The predicted molar refractivity (Wildman–Crippen MR) is 101 cm³/mol. The normalized spacial score (nSPS) is 9.89. The van der Waals surface area contributed by atoms with Crippen molar-refractivity contribution >= 4 is 17.9 Å². The maximum Gasteiger partial charge on any atom is 0.336 e. The van der Waals surface area contributed by atoms with Gasteiger partial charge in [0, 0.05) is 17.5 Å². The van der Waals surface area contributed by atoms with E-state index in [-0.39, 0.29) is 5.56 Å². The van der Waals surface area contributed by atoms with Crippen LogP contribution in [0, 0.1) is 0 Å². The number of H-pyrrole nitrogens is 1. The maximum absolute atomic E-state index is 10.6. The molecule has 0 unspecified atom stereocenters. The van der Waals surface area contributed by atoms with E-state index in [1.54, 1.807) is 0 Å². The Hall–Kier alpha value is -3.94. The molecule has 0 aliphatic rings. The number of rotatable bonds is 5. The van der Waals surface area contributed by atoms with Gasteiger partial charge >= 0.3 is 17.9 Å². The zero-order chi connectivity index (χ0) is 20.7. The van der Waals surface area contributed by atoms with E-state index < -0.39 is 29.0 Å². The molecular formula is C20H18N2O6. The Labute approximate surface area is 160 Å². The zero-order valence-electron chi connectivity index (χ0n) is 14.9. The summed E-state index contributed by atoms with van der Waals surface area (Å²) in [6.07, 6.45) is 2.89. The highest BCUT2D eigenvalue weighted by atomic mass is 16.4. The molecule has 0 bridgehead atoms. The second-order valence-corrected chi connectivity index (χ2v) is 5.65. The quantitative estimate of drug-likeness (QED) is 0.530. The van der Waals surface area contributed by atoms with Crippen LogP contribution >= 0.6 is 0 Å². The Balaban J connectivity index is 0.000000202. The number of aromatic carboxylic acids is 3. The van der Waals surface area contributed by atoms with E-state index >= 15 is 0 Å². The van der Waals surface area contributed by atoms with E-state index in [1.807, 2.05) is 24.4 Å². The molecule has 0 amide bonds. The Morgan fingerprint density at radius 2 is 1.54 bits per heavy atom. The molecule has 0 atom stereocenters. The molecule has 1 heterocycles. The fourth-order valence-electron chi connectivity index (χ4n) is 2.32. The minimum atomic E-state index is -1.48. The molecule has 1 aromatic heterocycles. The Morgan fingerprint density at radius 1 is 0.893 bits per heavy atom. The zero-order valence-corrected chi connectivity index (χ0v) is 14.9. The number of hydrogen-bond acceptors (Lipinski definition) is 4. The van der Waals surface area contributed by atoms with E-state index in [0.29, 0.717) is 0 Å². The standard InChI is InChI=1S/C11H12N2.C9H6O6/c1-2-10-8-12-11(13-10)9-6-4-3-5-7-9;10-7(11)4-1-2-5(8(12)13)6(3-4)9(14)15/h3-8H,2H2,1H3,(H,12,13);1-3H,(H,10,11)(H,12,13)(H,14,15). The fourth-order valence-corrected chi connectivity index (χ4v) is 2.32. The third kappa shape index (κ3) is 5.04. The van der Waals surface area contributed by atoms with Gasteiger partial charge in [-0.15, -0.1) is 0 Å². The van der Waals surface area contributed by atoms with E-state index in [9.17, 15) is 14.4 Å². The van der Waals surface area contributed by atoms with Crippen molar-refractivity contribution in [1.82, 2.24) is 9.97 Å². The summed E-state index contributed by atoms with van der Waals surface area (Å²) in [4.78, 5) is 39.3. The van der Waals surface area contributed by atoms with Crippen LogP contribution in [0.2, 0.25) is 0 Å². The van der Waals surface area contributed by atoms with Crippen LogP contribution in [-0.4, -0.2) is 43.2 Å². The summed E-state index contributed by atoms with van der Waals surface area (Å²) in [7, 11) is 0. The molecule has 144 valence electrons. The first-order valence-corrected chi connectivity index (χ1v) is 8.26. The summed E-state index contributed by atoms with van der Waals surface area (Å²) < 4.78 is 0. The summed E-state index contributed by atoms with van der Waals surface area (Å²) in [5, 5.41) is 25.9. The van der Waals surface area contributed by atoms with Gasteiger partial charge in [-0.2, -0.15) is 0 Å². The Bertz CT molecular complexity index is 995. The number of carbonyl (C=O) groups is 3. The van der Waals surface area contributed by atoms with Crippen LogP contribution in [0.25, 0.3) is 11.4 Å². The lowest BCUT2D eigenvalue weighted by Crippen LogP contribution is -2.10. The summed E-state index contributed by atoms with van der Waals surface area (Å²) in [5.41, 5.74) is 1.08. The second-order valence-electron chi connectivity index (χ2n) is 5.65. The van der Waals surface area contributed by atoms with Crippen molar-refractivity contribution in [2.24, 2.45) is 0 Å². The minimum Gasteiger partial charge on any atom is -0.478 e. The first-order valence-electron chi connectivity index (χ1n) is 8.26. The van der Waals surface area contributed by atoms with Crippen LogP contribution in [0.5, 0.6) is 0 Å². The SMILES string of the molecule is CCc1cnc(-c2ccccc2)[nH]1.O=C(O)c1ccc(C(=O)O)c(C(=O)O)c1. The van der Waals surface area contributed by atoms with Gasteiger partial charge in [0.05, 0.1) is 16.7 Å². The van der Waals surface area contributed by atoms with Crippen molar-refractivity contribution in [3.05, 3.63) is 77.1 Å². The Kier molecular flexibility index (Phi) is 6.64. The first-order chi connectivity index (χ1) is 13.3. The molecular weight excluding hydrogens is 364 g/mol. The van der Waals surface area contributed by atoms with E-state index in [0.717, 1.165) is 36.0 Å². The number of imidazole rings is 1. The number of aromatic amines is 1. The minimum absolute atomic E-state index is 0.266. The van der Waals surface area contributed by atoms with Gasteiger partial charge in [0.15, 0.2) is 0 Å². The van der Waals surface area contributed by atoms with Crippen molar-refractivity contribution in [2.75, 3.05) is 0 Å². The molecule has 2 aromatic carbocycles. The molecule has 0 aliphatic carbocycles. The predicted octanol–water partition coefficient (Wildman–Crippen LogP) is 3.42. The van der Waals surface area contributed by atoms with E-state index in [1.165, 1.54) is 5.69 Å². The van der Waals surface area contributed by atoms with Crippen molar-refractivity contribution in [1.29, 1.82) is 0 Å². The number of hydrogen-bond donors (Lipinski definition) is 4. The topological polar surface area (TPSA) is 141 Å². The van der Waals surface area contributed by atoms with Crippen molar-refractivity contribution in [3.8, 4) is 11.4 Å². The largest absolute Gasteiger partial charge is 0.478 e. The summed E-state index contributed by atoms with van der Waals surface area (Å²) in [6, 6.07) is 13.0. The van der Waals surface area contributed by atoms with E-state index in [2.05, 4.69) is 29.0 Å². The second kappa shape index (κ2) is 9.13. The van der Waals surface area contributed by atoms with Crippen LogP contribution < -0.4 is 0 Å². The Morgan fingerprint density at radius 3 is 2.04 bits per heavy atom. The highest BCUT2D eigenvalue weighted by Gasteiger charge is 2.17. The average Bonchev–Trinajstić information content (AvgIpc) is 3.18. The van der Waals surface area contributed by atoms with Gasteiger partial charge in [-0.1, -0.05) is 37.3 Å². The monoisotopic (exact) mass is 382 g/mol. The lowest BCUT2D eigenvalue weighted by atomic mass is 10.0. The van der Waals surface area contributed by atoms with Gasteiger partial charge in [0.25, 0.3) is 0 Å². The number of nitrogens with one attached hydrogen (secondary N) is 1. The molecule has 0 spiro atoms. The lowest BCUT2D eigenvalue weighted by molar-refractivity contribution is 0.0649. The molecule has 4 N–H and O–H groups in total. The molecule has 8 nitrogen and oxygen atoms in total. The van der Waals surface area contributed by atoms with E-state index in [4.69, 9.17) is 15.3 Å². The molecule has 0 radical (unpaired) electrons. The van der Waals surface area contributed by atoms with Gasteiger partial charge < -0.3 is 20.3 Å². The highest BCUT2D eigenvalue weighted by molar-refractivity contribution is 6.03. The van der Waals surface area contributed by atoms with Gasteiger partial charge in [-0.3, -0.25) is 0 Å². The molecule has 3 rings (SSSR count).